The SMILES string of the molecule is CC(C)(C)N1C[C@H](C(=O)O)[C@@H](c2ccc(C(F)(F)F)cc2Cl)C1. The van der Waals surface area contributed by atoms with Gasteiger partial charge in [-0.25, -0.2) is 0 Å². The second-order valence-electron chi connectivity index (χ2n) is 6.86. The van der Waals surface area contributed by atoms with Crippen molar-refractivity contribution in [2.45, 2.75) is 38.4 Å². The number of carboxylic acid groups (broad SMARTS) is 1. The fraction of sp³-hybridized carbons (Fsp3) is 0.562. The second-order valence-corrected chi connectivity index (χ2v) is 7.27. The summed E-state index contributed by atoms with van der Waals surface area (Å²) in [6.45, 7) is 6.72. The zero-order chi connectivity index (χ0) is 17.6. The van der Waals surface area contributed by atoms with Gasteiger partial charge in [-0.05, 0) is 38.5 Å². The van der Waals surface area contributed by atoms with Crippen molar-refractivity contribution >= 4 is 17.6 Å². The molecule has 1 saturated heterocycles. The molecule has 0 saturated carbocycles. The minimum atomic E-state index is -4.47. The molecule has 1 aromatic carbocycles. The zero-order valence-corrected chi connectivity index (χ0v) is 13.9. The van der Waals surface area contributed by atoms with Crippen molar-refractivity contribution in [3.8, 4) is 0 Å². The van der Waals surface area contributed by atoms with E-state index >= 15 is 0 Å². The minimum Gasteiger partial charge on any atom is -0.481 e. The third-order valence-electron chi connectivity index (χ3n) is 4.31. The van der Waals surface area contributed by atoms with Crippen LogP contribution in [-0.2, 0) is 11.0 Å². The van der Waals surface area contributed by atoms with Gasteiger partial charge in [0.05, 0.1) is 11.5 Å². The quantitative estimate of drug-likeness (QED) is 0.867. The Morgan fingerprint density at radius 1 is 1.26 bits per heavy atom. The number of carbonyl (C=O) groups is 1. The maximum Gasteiger partial charge on any atom is 0.416 e. The summed E-state index contributed by atoms with van der Waals surface area (Å²) in [6.07, 6.45) is -4.47. The number of nitrogens with zero attached hydrogens (tertiary/aromatic N) is 1. The second kappa shape index (κ2) is 5.98. The number of aliphatic carboxylic acids is 1. The van der Waals surface area contributed by atoms with Crippen molar-refractivity contribution in [3.63, 3.8) is 0 Å². The first kappa shape index (κ1) is 18.1. The summed E-state index contributed by atoms with van der Waals surface area (Å²) >= 11 is 6.04. The first-order valence-electron chi connectivity index (χ1n) is 7.25. The molecule has 7 heteroatoms. The molecule has 0 aliphatic carbocycles. The number of rotatable bonds is 2. The first-order chi connectivity index (χ1) is 10.4. The van der Waals surface area contributed by atoms with Crippen molar-refractivity contribution in [2.24, 2.45) is 5.92 Å². The molecule has 1 fully saturated rings. The molecule has 1 aliphatic heterocycles. The third kappa shape index (κ3) is 3.80. The Balaban J connectivity index is 2.37. The fourth-order valence-electron chi connectivity index (χ4n) is 2.92. The highest BCUT2D eigenvalue weighted by atomic mass is 35.5. The summed E-state index contributed by atoms with van der Waals surface area (Å²) in [4.78, 5) is 13.6. The molecule has 1 aromatic rings. The van der Waals surface area contributed by atoms with Crippen LogP contribution in [0.2, 0.25) is 5.02 Å². The Morgan fingerprint density at radius 3 is 2.30 bits per heavy atom. The van der Waals surface area contributed by atoms with Crippen LogP contribution in [0.4, 0.5) is 13.2 Å². The largest absolute Gasteiger partial charge is 0.481 e. The number of hydrogen-bond donors (Lipinski definition) is 1. The Labute approximate surface area is 138 Å². The fourth-order valence-corrected chi connectivity index (χ4v) is 3.24. The highest BCUT2D eigenvalue weighted by molar-refractivity contribution is 6.31. The van der Waals surface area contributed by atoms with E-state index in [0.717, 1.165) is 12.1 Å². The van der Waals surface area contributed by atoms with Crippen molar-refractivity contribution in [1.82, 2.24) is 4.90 Å². The lowest BCUT2D eigenvalue weighted by atomic mass is 9.88. The van der Waals surface area contributed by atoms with Crippen molar-refractivity contribution in [2.75, 3.05) is 13.1 Å². The Bertz CT molecular complexity index is 610. The lowest BCUT2D eigenvalue weighted by Crippen LogP contribution is -2.40. The molecule has 0 amide bonds. The number of carboxylic acids is 1. The van der Waals surface area contributed by atoms with Gasteiger partial charge in [-0.2, -0.15) is 13.2 Å². The predicted octanol–water partition coefficient (Wildman–Crippen LogP) is 4.26. The van der Waals surface area contributed by atoms with Crippen LogP contribution in [0.3, 0.4) is 0 Å². The number of likely N-dealkylation sites (tertiary alicyclic amines) is 1. The van der Waals surface area contributed by atoms with Gasteiger partial charge in [-0.3, -0.25) is 9.69 Å². The Hall–Kier alpha value is -1.27. The zero-order valence-electron chi connectivity index (χ0n) is 13.1. The number of benzene rings is 1. The summed E-state index contributed by atoms with van der Waals surface area (Å²) in [7, 11) is 0. The van der Waals surface area contributed by atoms with Gasteiger partial charge in [0.1, 0.15) is 0 Å². The standard InChI is InChI=1S/C16H19ClF3NO2/c1-15(2,3)21-7-11(12(8-21)14(22)23)10-5-4-9(6-13(10)17)16(18,19)20/h4-6,11-12H,7-8H2,1-3H3,(H,22,23)/t11-,12+/m1/s1. The maximum absolute atomic E-state index is 12.7. The van der Waals surface area contributed by atoms with Crippen LogP contribution in [0.25, 0.3) is 0 Å². The molecule has 1 N–H and O–H groups in total. The van der Waals surface area contributed by atoms with Gasteiger partial charge in [0.2, 0.25) is 0 Å². The van der Waals surface area contributed by atoms with Crippen LogP contribution in [0.15, 0.2) is 18.2 Å². The molecule has 3 nitrogen and oxygen atoms in total. The molecule has 2 rings (SSSR count). The van der Waals surface area contributed by atoms with Crippen molar-refractivity contribution < 1.29 is 23.1 Å². The van der Waals surface area contributed by atoms with Gasteiger partial charge in [-0.1, -0.05) is 17.7 Å². The van der Waals surface area contributed by atoms with Crippen LogP contribution in [-0.4, -0.2) is 34.6 Å². The molecular formula is C16H19ClF3NO2. The summed E-state index contributed by atoms with van der Waals surface area (Å²) in [6, 6.07) is 3.13. The average Bonchev–Trinajstić information content (AvgIpc) is 2.82. The maximum atomic E-state index is 12.7. The molecule has 0 aromatic heterocycles. The molecule has 128 valence electrons. The Kier molecular flexibility index (Phi) is 4.70. The summed E-state index contributed by atoms with van der Waals surface area (Å²) in [5.41, 5.74) is -0.594. The van der Waals surface area contributed by atoms with Gasteiger partial charge in [0.15, 0.2) is 0 Å². The molecule has 0 spiro atoms. The van der Waals surface area contributed by atoms with Gasteiger partial charge in [0.25, 0.3) is 0 Å². The molecule has 1 heterocycles. The number of hydrogen-bond acceptors (Lipinski definition) is 2. The van der Waals surface area contributed by atoms with Crippen molar-refractivity contribution in [3.05, 3.63) is 34.3 Å². The van der Waals surface area contributed by atoms with E-state index in [2.05, 4.69) is 0 Å². The highest BCUT2D eigenvalue weighted by Gasteiger charge is 2.43. The smallest absolute Gasteiger partial charge is 0.416 e. The van der Waals surface area contributed by atoms with E-state index < -0.39 is 29.5 Å². The van der Waals surface area contributed by atoms with Crippen LogP contribution in [0, 0.1) is 5.92 Å². The van der Waals surface area contributed by atoms with Gasteiger partial charge in [0, 0.05) is 29.6 Å². The van der Waals surface area contributed by atoms with Crippen LogP contribution < -0.4 is 0 Å². The summed E-state index contributed by atoms with van der Waals surface area (Å²) < 4.78 is 38.2. The molecule has 0 unspecified atom stereocenters. The molecule has 23 heavy (non-hydrogen) atoms. The molecule has 0 radical (unpaired) electrons. The lowest BCUT2D eigenvalue weighted by molar-refractivity contribution is -0.142. The van der Waals surface area contributed by atoms with E-state index in [1.807, 2.05) is 25.7 Å². The van der Waals surface area contributed by atoms with Gasteiger partial charge >= 0.3 is 12.1 Å². The number of halogens is 4. The van der Waals surface area contributed by atoms with Crippen LogP contribution >= 0.6 is 11.6 Å². The Morgan fingerprint density at radius 2 is 1.87 bits per heavy atom. The topological polar surface area (TPSA) is 40.5 Å². The molecular weight excluding hydrogens is 331 g/mol. The van der Waals surface area contributed by atoms with Gasteiger partial charge < -0.3 is 5.11 Å². The van der Waals surface area contributed by atoms with Crippen molar-refractivity contribution in [1.29, 1.82) is 0 Å². The first-order valence-corrected chi connectivity index (χ1v) is 7.63. The summed E-state index contributed by atoms with van der Waals surface area (Å²) in [5.74, 6) is -2.08. The van der Waals surface area contributed by atoms with E-state index in [1.54, 1.807) is 0 Å². The third-order valence-corrected chi connectivity index (χ3v) is 4.64. The average molecular weight is 350 g/mol. The molecule has 0 bridgehead atoms. The van der Waals surface area contributed by atoms with E-state index in [4.69, 9.17) is 11.6 Å². The predicted molar refractivity (Wildman–Crippen MR) is 81.6 cm³/mol. The highest BCUT2D eigenvalue weighted by Crippen LogP contribution is 2.41. The molecule has 1 aliphatic rings. The lowest BCUT2D eigenvalue weighted by Gasteiger charge is -2.31. The van der Waals surface area contributed by atoms with E-state index in [0.29, 0.717) is 18.7 Å². The van der Waals surface area contributed by atoms with E-state index in [1.165, 1.54) is 6.07 Å². The molecule has 2 atom stereocenters. The number of alkyl halides is 3. The minimum absolute atomic E-state index is 0.0353. The summed E-state index contributed by atoms with van der Waals surface area (Å²) in [5, 5.41) is 9.42. The van der Waals surface area contributed by atoms with E-state index in [9.17, 15) is 23.1 Å². The van der Waals surface area contributed by atoms with Crippen LogP contribution in [0.5, 0.6) is 0 Å². The monoisotopic (exact) mass is 349 g/mol. The van der Waals surface area contributed by atoms with Crippen LogP contribution in [0.1, 0.15) is 37.8 Å². The van der Waals surface area contributed by atoms with E-state index in [-0.39, 0.29) is 10.6 Å². The normalized spacial score (nSPS) is 23.3. The van der Waals surface area contributed by atoms with Gasteiger partial charge in [-0.15, -0.1) is 0 Å².